The molecule has 3 heteroatoms. The second kappa shape index (κ2) is 5.82. The van der Waals surface area contributed by atoms with Crippen LogP contribution in [0.3, 0.4) is 0 Å². The summed E-state index contributed by atoms with van der Waals surface area (Å²) in [6.45, 7) is 4.45. The summed E-state index contributed by atoms with van der Waals surface area (Å²) in [6, 6.07) is 8.01. The van der Waals surface area contributed by atoms with Crippen LogP contribution < -0.4 is 0 Å². The lowest BCUT2D eigenvalue weighted by Crippen LogP contribution is -2.09. The summed E-state index contributed by atoms with van der Waals surface area (Å²) in [4.78, 5) is 3.65. The standard InChI is InChI=1S/C12H14N2O/c1-3-15-12(14-9-13)8-11-7-5-4-6-10(11)2/h4-7H,3,8H2,1-2H3. The molecule has 3 nitrogen and oxygen atoms in total. The van der Waals surface area contributed by atoms with E-state index in [2.05, 4.69) is 4.99 Å². The highest BCUT2D eigenvalue weighted by Crippen LogP contribution is 2.08. The molecule has 78 valence electrons. The zero-order valence-electron chi connectivity index (χ0n) is 9.03. The van der Waals surface area contributed by atoms with E-state index in [0.717, 1.165) is 5.56 Å². The van der Waals surface area contributed by atoms with Gasteiger partial charge in [0.1, 0.15) is 0 Å². The van der Waals surface area contributed by atoms with Crippen molar-refractivity contribution in [2.45, 2.75) is 20.3 Å². The van der Waals surface area contributed by atoms with Crippen molar-refractivity contribution in [3.8, 4) is 6.19 Å². The number of ether oxygens (including phenoxy) is 1. The molecule has 0 saturated heterocycles. The first-order valence-corrected chi connectivity index (χ1v) is 4.91. The molecule has 0 heterocycles. The number of rotatable bonds is 3. The Morgan fingerprint density at radius 3 is 2.80 bits per heavy atom. The van der Waals surface area contributed by atoms with Crippen molar-refractivity contribution in [2.75, 3.05) is 6.61 Å². The SMILES string of the molecule is CCOC(Cc1ccccc1C)=NC#N. The summed E-state index contributed by atoms with van der Waals surface area (Å²) in [5.74, 6) is 0.481. The van der Waals surface area contributed by atoms with Crippen LogP contribution in [0.25, 0.3) is 0 Å². The molecule has 0 aliphatic carbocycles. The molecule has 0 bridgehead atoms. The van der Waals surface area contributed by atoms with Crippen LogP contribution in [0, 0.1) is 18.4 Å². The highest BCUT2D eigenvalue weighted by Gasteiger charge is 2.04. The average Bonchev–Trinajstić information content (AvgIpc) is 2.22. The lowest BCUT2D eigenvalue weighted by Gasteiger charge is -2.07. The zero-order valence-corrected chi connectivity index (χ0v) is 9.03. The van der Waals surface area contributed by atoms with Crippen molar-refractivity contribution in [1.29, 1.82) is 5.26 Å². The molecule has 0 spiro atoms. The second-order valence-electron chi connectivity index (χ2n) is 3.14. The molecule has 0 fully saturated rings. The van der Waals surface area contributed by atoms with E-state index in [4.69, 9.17) is 10.00 Å². The maximum atomic E-state index is 8.49. The molecule has 15 heavy (non-hydrogen) atoms. The Balaban J connectivity index is 2.80. The summed E-state index contributed by atoms with van der Waals surface area (Å²) in [6.07, 6.45) is 2.33. The largest absolute Gasteiger partial charge is 0.480 e. The van der Waals surface area contributed by atoms with Gasteiger partial charge in [-0.25, -0.2) is 0 Å². The Hall–Kier alpha value is -1.82. The van der Waals surface area contributed by atoms with Gasteiger partial charge in [0.25, 0.3) is 0 Å². The fourth-order valence-corrected chi connectivity index (χ4v) is 1.32. The van der Waals surface area contributed by atoms with Crippen molar-refractivity contribution in [1.82, 2.24) is 0 Å². The average molecular weight is 202 g/mol. The molecule has 0 atom stereocenters. The molecule has 0 amide bonds. The van der Waals surface area contributed by atoms with Crippen LogP contribution in [0.15, 0.2) is 29.3 Å². The van der Waals surface area contributed by atoms with Gasteiger partial charge in [0, 0.05) is 6.42 Å². The van der Waals surface area contributed by atoms with Gasteiger partial charge in [-0.2, -0.15) is 5.26 Å². The van der Waals surface area contributed by atoms with E-state index < -0.39 is 0 Å². The van der Waals surface area contributed by atoms with E-state index in [0.29, 0.717) is 18.9 Å². The van der Waals surface area contributed by atoms with Crippen molar-refractivity contribution in [2.24, 2.45) is 4.99 Å². The van der Waals surface area contributed by atoms with Gasteiger partial charge < -0.3 is 4.74 Å². The minimum absolute atomic E-state index is 0.481. The molecule has 1 aromatic rings. The van der Waals surface area contributed by atoms with Crippen molar-refractivity contribution in [3.05, 3.63) is 35.4 Å². The molecular formula is C12H14N2O. The van der Waals surface area contributed by atoms with E-state index in [1.807, 2.05) is 38.1 Å². The number of nitriles is 1. The molecule has 0 saturated carbocycles. The van der Waals surface area contributed by atoms with Crippen LogP contribution in [0.1, 0.15) is 18.1 Å². The van der Waals surface area contributed by atoms with Gasteiger partial charge in [0.05, 0.1) is 6.61 Å². The van der Waals surface area contributed by atoms with Gasteiger partial charge in [-0.05, 0) is 25.0 Å². The normalized spacial score (nSPS) is 10.9. The van der Waals surface area contributed by atoms with Gasteiger partial charge in [-0.1, -0.05) is 24.3 Å². The van der Waals surface area contributed by atoms with Gasteiger partial charge >= 0.3 is 0 Å². The minimum Gasteiger partial charge on any atom is -0.480 e. The molecule has 0 radical (unpaired) electrons. The Morgan fingerprint density at radius 1 is 1.47 bits per heavy atom. The second-order valence-corrected chi connectivity index (χ2v) is 3.14. The molecule has 0 aliphatic heterocycles. The number of aliphatic imine (C=N–C) groups is 1. The summed E-state index contributed by atoms with van der Waals surface area (Å²) >= 11 is 0. The first kappa shape index (κ1) is 11.3. The van der Waals surface area contributed by atoms with Gasteiger partial charge in [-0.15, -0.1) is 4.99 Å². The zero-order chi connectivity index (χ0) is 11.1. The number of aryl methyl sites for hydroxylation is 1. The number of hydrogen-bond donors (Lipinski definition) is 0. The predicted molar refractivity (Wildman–Crippen MR) is 59.6 cm³/mol. The Bertz CT molecular complexity index is 391. The van der Waals surface area contributed by atoms with Crippen LogP contribution in [0.4, 0.5) is 0 Å². The van der Waals surface area contributed by atoms with Crippen molar-refractivity contribution in [3.63, 3.8) is 0 Å². The smallest absolute Gasteiger partial charge is 0.208 e. The molecule has 0 aliphatic rings. The fraction of sp³-hybridized carbons (Fsp3) is 0.333. The Labute approximate surface area is 90.0 Å². The number of hydrogen-bond acceptors (Lipinski definition) is 3. The third-order valence-corrected chi connectivity index (χ3v) is 2.09. The molecule has 0 aromatic heterocycles. The monoisotopic (exact) mass is 202 g/mol. The molecule has 0 unspecified atom stereocenters. The first-order valence-electron chi connectivity index (χ1n) is 4.91. The van der Waals surface area contributed by atoms with E-state index >= 15 is 0 Å². The highest BCUT2D eigenvalue weighted by atomic mass is 16.5. The van der Waals surface area contributed by atoms with E-state index in [1.54, 1.807) is 6.19 Å². The molecule has 1 aromatic carbocycles. The topological polar surface area (TPSA) is 45.4 Å². The molecular weight excluding hydrogens is 188 g/mol. The lowest BCUT2D eigenvalue weighted by molar-refractivity contribution is 0.320. The Kier molecular flexibility index (Phi) is 4.36. The molecule has 1 rings (SSSR count). The number of benzene rings is 1. The van der Waals surface area contributed by atoms with Gasteiger partial charge in [0.15, 0.2) is 0 Å². The third kappa shape index (κ3) is 3.43. The van der Waals surface area contributed by atoms with E-state index in [-0.39, 0.29) is 0 Å². The summed E-state index contributed by atoms with van der Waals surface area (Å²) in [5.41, 5.74) is 2.32. The summed E-state index contributed by atoms with van der Waals surface area (Å²) in [7, 11) is 0. The van der Waals surface area contributed by atoms with Crippen molar-refractivity contribution >= 4 is 5.90 Å². The van der Waals surface area contributed by atoms with Gasteiger partial charge in [-0.3, -0.25) is 0 Å². The van der Waals surface area contributed by atoms with Crippen LogP contribution in [-0.4, -0.2) is 12.5 Å². The Morgan fingerprint density at radius 2 is 2.20 bits per heavy atom. The van der Waals surface area contributed by atoms with E-state index in [9.17, 15) is 0 Å². The maximum absolute atomic E-state index is 8.49. The van der Waals surface area contributed by atoms with Crippen LogP contribution >= 0.6 is 0 Å². The number of nitrogens with zero attached hydrogens (tertiary/aromatic N) is 2. The molecule has 0 N–H and O–H groups in total. The van der Waals surface area contributed by atoms with Crippen LogP contribution in [0.2, 0.25) is 0 Å². The van der Waals surface area contributed by atoms with Crippen LogP contribution in [-0.2, 0) is 11.2 Å². The third-order valence-electron chi connectivity index (χ3n) is 2.09. The quantitative estimate of drug-likeness (QED) is 0.429. The lowest BCUT2D eigenvalue weighted by atomic mass is 10.1. The van der Waals surface area contributed by atoms with Crippen LogP contribution in [0.5, 0.6) is 0 Å². The summed E-state index contributed by atoms with van der Waals surface area (Å²) < 4.78 is 5.27. The predicted octanol–water partition coefficient (Wildman–Crippen LogP) is 2.45. The van der Waals surface area contributed by atoms with Crippen molar-refractivity contribution < 1.29 is 4.74 Å². The summed E-state index contributed by atoms with van der Waals surface area (Å²) in [5, 5.41) is 8.49. The minimum atomic E-state index is 0.481. The maximum Gasteiger partial charge on any atom is 0.208 e. The highest BCUT2D eigenvalue weighted by molar-refractivity contribution is 5.79. The first-order chi connectivity index (χ1) is 7.27. The fourth-order valence-electron chi connectivity index (χ4n) is 1.32. The van der Waals surface area contributed by atoms with E-state index in [1.165, 1.54) is 5.56 Å². The van der Waals surface area contributed by atoms with Gasteiger partial charge in [0.2, 0.25) is 12.1 Å².